The van der Waals surface area contributed by atoms with Gasteiger partial charge in [-0.1, -0.05) is 6.07 Å². The lowest BCUT2D eigenvalue weighted by atomic mass is 10.1. The Kier molecular flexibility index (Phi) is 6.46. The summed E-state index contributed by atoms with van der Waals surface area (Å²) >= 11 is 0. The van der Waals surface area contributed by atoms with Crippen LogP contribution < -0.4 is 10.2 Å². The van der Waals surface area contributed by atoms with Gasteiger partial charge in [0.1, 0.15) is 11.6 Å². The Balaban J connectivity index is 1.41. The second-order valence-corrected chi connectivity index (χ2v) is 7.55. The monoisotopic (exact) mass is 438 g/mol. The maximum absolute atomic E-state index is 13.2. The van der Waals surface area contributed by atoms with Crippen molar-refractivity contribution in [2.75, 3.05) is 37.6 Å². The van der Waals surface area contributed by atoms with Gasteiger partial charge in [-0.15, -0.1) is 0 Å². The summed E-state index contributed by atoms with van der Waals surface area (Å²) in [5, 5.41) is 13.9. The number of nitrogens with zero attached hydrogens (tertiary/aromatic N) is 3. The van der Waals surface area contributed by atoms with Crippen LogP contribution in [0.4, 0.5) is 15.8 Å². The van der Waals surface area contributed by atoms with Gasteiger partial charge in [0.2, 0.25) is 0 Å². The largest absolute Gasteiger partial charge is 0.468 e. The van der Waals surface area contributed by atoms with Crippen LogP contribution in [0.3, 0.4) is 0 Å². The van der Waals surface area contributed by atoms with E-state index < -0.39 is 4.92 Å². The van der Waals surface area contributed by atoms with E-state index in [0.717, 1.165) is 37.6 Å². The van der Waals surface area contributed by atoms with Crippen LogP contribution in [0.1, 0.15) is 22.2 Å². The zero-order chi connectivity index (χ0) is 22.5. The summed E-state index contributed by atoms with van der Waals surface area (Å²) in [6, 6.07) is 15.6. The molecule has 2 aromatic carbocycles. The number of carbonyl (C=O) groups excluding carboxylic acids is 1. The number of hydrogen-bond donors (Lipinski definition) is 1. The van der Waals surface area contributed by atoms with Crippen molar-refractivity contribution >= 4 is 17.3 Å². The van der Waals surface area contributed by atoms with E-state index in [4.69, 9.17) is 4.42 Å². The molecule has 0 bridgehead atoms. The van der Waals surface area contributed by atoms with E-state index in [9.17, 15) is 19.3 Å². The molecule has 0 unspecified atom stereocenters. The summed E-state index contributed by atoms with van der Waals surface area (Å²) in [5.74, 6) is 0.0968. The van der Waals surface area contributed by atoms with Crippen molar-refractivity contribution in [2.45, 2.75) is 6.04 Å². The number of non-ortho nitro benzene ring substituents is 1. The minimum Gasteiger partial charge on any atom is -0.468 e. The summed E-state index contributed by atoms with van der Waals surface area (Å²) in [5.41, 5.74) is 1.08. The van der Waals surface area contributed by atoms with Gasteiger partial charge in [0.25, 0.3) is 11.6 Å². The van der Waals surface area contributed by atoms with Crippen LogP contribution in [0, 0.1) is 15.9 Å². The molecule has 1 N–H and O–H groups in total. The fourth-order valence-electron chi connectivity index (χ4n) is 3.89. The van der Waals surface area contributed by atoms with Gasteiger partial charge in [0, 0.05) is 56.1 Å². The number of benzene rings is 2. The van der Waals surface area contributed by atoms with E-state index in [0.29, 0.717) is 6.54 Å². The van der Waals surface area contributed by atoms with Crippen molar-refractivity contribution in [3.8, 4) is 0 Å². The van der Waals surface area contributed by atoms with Gasteiger partial charge >= 0.3 is 0 Å². The zero-order valence-corrected chi connectivity index (χ0v) is 17.3. The maximum Gasteiger partial charge on any atom is 0.270 e. The minimum atomic E-state index is -0.525. The van der Waals surface area contributed by atoms with Crippen molar-refractivity contribution in [1.29, 1.82) is 0 Å². The van der Waals surface area contributed by atoms with Gasteiger partial charge in [-0.25, -0.2) is 4.39 Å². The van der Waals surface area contributed by atoms with E-state index in [-0.39, 0.29) is 29.0 Å². The molecule has 8 nitrogen and oxygen atoms in total. The van der Waals surface area contributed by atoms with Crippen LogP contribution in [0.5, 0.6) is 0 Å². The Morgan fingerprint density at radius 2 is 1.84 bits per heavy atom. The van der Waals surface area contributed by atoms with Gasteiger partial charge in [-0.05, 0) is 42.5 Å². The molecule has 0 radical (unpaired) electrons. The summed E-state index contributed by atoms with van der Waals surface area (Å²) in [6.07, 6.45) is 1.60. The number of hydrogen-bond acceptors (Lipinski definition) is 6. The molecule has 166 valence electrons. The number of nitro groups is 1. The Labute approximate surface area is 184 Å². The van der Waals surface area contributed by atoms with Gasteiger partial charge in [-0.3, -0.25) is 19.8 Å². The third kappa shape index (κ3) is 4.94. The Bertz CT molecular complexity index is 1060. The molecule has 1 atom stereocenters. The molecule has 1 fully saturated rings. The standard InChI is InChI=1S/C23H23FN4O4/c24-18-6-8-19(9-7-18)26-10-12-27(13-11-26)21(22-5-2-14-32-22)16-25-23(29)17-3-1-4-20(15-17)28(30)31/h1-9,14-15,21H,10-13,16H2,(H,25,29)/t21-/m1/s1. The molecule has 2 heterocycles. The molecule has 32 heavy (non-hydrogen) atoms. The van der Waals surface area contributed by atoms with Crippen LogP contribution >= 0.6 is 0 Å². The highest BCUT2D eigenvalue weighted by molar-refractivity contribution is 5.94. The van der Waals surface area contributed by atoms with Gasteiger partial charge in [0.15, 0.2) is 0 Å². The highest BCUT2D eigenvalue weighted by Gasteiger charge is 2.27. The fourth-order valence-corrected chi connectivity index (χ4v) is 3.89. The highest BCUT2D eigenvalue weighted by Crippen LogP contribution is 2.25. The van der Waals surface area contributed by atoms with E-state index in [1.54, 1.807) is 30.5 Å². The first-order valence-corrected chi connectivity index (χ1v) is 10.3. The normalized spacial score (nSPS) is 15.3. The molecule has 1 amide bonds. The number of anilines is 1. The quantitative estimate of drug-likeness (QED) is 0.448. The average Bonchev–Trinajstić information content (AvgIpc) is 3.35. The second kappa shape index (κ2) is 9.61. The third-order valence-electron chi connectivity index (χ3n) is 5.59. The highest BCUT2D eigenvalue weighted by atomic mass is 19.1. The Morgan fingerprint density at radius 3 is 2.50 bits per heavy atom. The number of halogens is 1. The first-order valence-electron chi connectivity index (χ1n) is 10.3. The number of piperazine rings is 1. The lowest BCUT2D eigenvalue weighted by Gasteiger charge is -2.39. The Morgan fingerprint density at radius 1 is 1.09 bits per heavy atom. The molecule has 0 saturated carbocycles. The lowest BCUT2D eigenvalue weighted by molar-refractivity contribution is -0.384. The number of furan rings is 1. The van der Waals surface area contributed by atoms with Crippen molar-refractivity contribution in [3.63, 3.8) is 0 Å². The summed E-state index contributed by atoms with van der Waals surface area (Å²) < 4.78 is 18.8. The minimum absolute atomic E-state index is 0.128. The van der Waals surface area contributed by atoms with Crippen molar-refractivity contribution < 1.29 is 18.5 Å². The number of nitro benzene ring substituents is 1. The molecule has 1 aromatic heterocycles. The molecule has 4 rings (SSSR count). The van der Waals surface area contributed by atoms with Gasteiger partial charge in [-0.2, -0.15) is 0 Å². The van der Waals surface area contributed by atoms with E-state index in [1.165, 1.54) is 30.3 Å². The first kappa shape index (κ1) is 21.5. The SMILES string of the molecule is O=C(NC[C@H](c1ccco1)N1CCN(c2ccc(F)cc2)CC1)c1cccc([N+](=O)[O-])c1. The number of nitrogens with one attached hydrogen (secondary N) is 1. The number of amides is 1. The van der Waals surface area contributed by atoms with Crippen LogP contribution in [0.25, 0.3) is 0 Å². The van der Waals surface area contributed by atoms with Crippen molar-refractivity contribution in [3.05, 3.63) is 94.2 Å². The van der Waals surface area contributed by atoms with E-state index in [2.05, 4.69) is 15.1 Å². The lowest BCUT2D eigenvalue weighted by Crippen LogP contribution is -2.49. The summed E-state index contributed by atoms with van der Waals surface area (Å²) in [7, 11) is 0. The zero-order valence-electron chi connectivity index (χ0n) is 17.3. The number of carbonyl (C=O) groups is 1. The predicted molar refractivity (Wildman–Crippen MR) is 117 cm³/mol. The fraction of sp³-hybridized carbons (Fsp3) is 0.261. The smallest absolute Gasteiger partial charge is 0.270 e. The first-order chi connectivity index (χ1) is 15.5. The molecule has 1 aliphatic heterocycles. The van der Waals surface area contributed by atoms with Crippen LogP contribution in [-0.2, 0) is 0 Å². The van der Waals surface area contributed by atoms with Crippen molar-refractivity contribution in [2.24, 2.45) is 0 Å². The number of rotatable bonds is 7. The molecule has 1 aliphatic rings. The van der Waals surface area contributed by atoms with E-state index >= 15 is 0 Å². The Hall–Kier alpha value is -3.72. The van der Waals surface area contributed by atoms with Crippen LogP contribution in [-0.4, -0.2) is 48.5 Å². The topological polar surface area (TPSA) is 91.9 Å². The summed E-state index contributed by atoms with van der Waals surface area (Å²) in [6.45, 7) is 3.26. The molecular formula is C23H23FN4O4. The molecule has 9 heteroatoms. The average molecular weight is 438 g/mol. The molecular weight excluding hydrogens is 415 g/mol. The summed E-state index contributed by atoms with van der Waals surface area (Å²) in [4.78, 5) is 27.5. The van der Waals surface area contributed by atoms with Crippen LogP contribution in [0.2, 0.25) is 0 Å². The molecule has 1 saturated heterocycles. The van der Waals surface area contributed by atoms with Crippen molar-refractivity contribution in [1.82, 2.24) is 10.2 Å². The second-order valence-electron chi connectivity index (χ2n) is 7.55. The van der Waals surface area contributed by atoms with E-state index in [1.807, 2.05) is 6.07 Å². The van der Waals surface area contributed by atoms with Gasteiger partial charge in [0.05, 0.1) is 17.2 Å². The maximum atomic E-state index is 13.2. The van der Waals surface area contributed by atoms with Gasteiger partial charge < -0.3 is 14.6 Å². The molecule has 0 aliphatic carbocycles. The molecule has 3 aromatic rings. The predicted octanol–water partition coefficient (Wildman–Crippen LogP) is 3.62. The molecule has 0 spiro atoms. The third-order valence-corrected chi connectivity index (χ3v) is 5.59. The van der Waals surface area contributed by atoms with Crippen LogP contribution in [0.15, 0.2) is 71.3 Å².